The van der Waals surface area contributed by atoms with Gasteiger partial charge in [-0.1, -0.05) is 6.07 Å². The number of nitrogens with zero attached hydrogens (tertiary/aromatic N) is 1. The zero-order chi connectivity index (χ0) is 20.5. The first kappa shape index (κ1) is 19.1. The Kier molecular flexibility index (Phi) is 5.14. The van der Waals surface area contributed by atoms with Crippen LogP contribution in [0.15, 0.2) is 30.3 Å². The van der Waals surface area contributed by atoms with E-state index in [0.29, 0.717) is 12.0 Å². The lowest BCUT2D eigenvalue weighted by Crippen LogP contribution is -2.35. The molecule has 2 amide bonds. The lowest BCUT2D eigenvalue weighted by molar-refractivity contribution is -0.122. The molecule has 0 bridgehead atoms. The number of aromatic amines is 1. The molecular weight excluding hydrogens is 380 g/mol. The van der Waals surface area contributed by atoms with Gasteiger partial charge in [0.2, 0.25) is 5.91 Å². The molecule has 5 rings (SSSR count). The largest absolute Gasteiger partial charge is 0.379 e. The van der Waals surface area contributed by atoms with E-state index < -0.39 is 0 Å². The smallest absolute Gasteiger partial charge is 0.256 e. The van der Waals surface area contributed by atoms with E-state index in [-0.39, 0.29) is 17.7 Å². The van der Waals surface area contributed by atoms with Crippen LogP contribution in [0.3, 0.4) is 0 Å². The highest BCUT2D eigenvalue weighted by Gasteiger charge is 2.27. The van der Waals surface area contributed by atoms with E-state index in [4.69, 9.17) is 4.74 Å². The van der Waals surface area contributed by atoms with Crippen molar-refractivity contribution in [2.45, 2.75) is 19.4 Å². The predicted octanol–water partition coefficient (Wildman–Crippen LogP) is 2.02. The summed E-state index contributed by atoms with van der Waals surface area (Å²) in [6.45, 7) is 5.03. The number of carbonyl (C=O) groups is 2. The van der Waals surface area contributed by atoms with Gasteiger partial charge in [-0.25, -0.2) is 0 Å². The summed E-state index contributed by atoms with van der Waals surface area (Å²) >= 11 is 0. The Balaban J connectivity index is 1.35. The van der Waals surface area contributed by atoms with E-state index in [9.17, 15) is 9.59 Å². The number of hydrogen-bond acceptors (Lipinski definition) is 4. The molecule has 0 radical (unpaired) electrons. The van der Waals surface area contributed by atoms with Gasteiger partial charge in [0, 0.05) is 54.7 Å². The molecule has 2 saturated heterocycles. The number of carbonyl (C=O) groups excluding carboxylic acids is 2. The molecule has 1 atom stereocenters. The van der Waals surface area contributed by atoms with Crippen LogP contribution in [0.1, 0.15) is 28.9 Å². The molecule has 1 aromatic heterocycles. The zero-order valence-corrected chi connectivity index (χ0v) is 16.9. The highest BCUT2D eigenvalue weighted by atomic mass is 16.5. The molecule has 3 N–H and O–H groups in total. The SMILES string of the molecule is O=C1Nc2ccc(CC3CCNC3=O)cc2C1=Cc1ccc(CN2CCOCC2)[nH]1. The molecule has 1 aromatic carbocycles. The second-order valence-electron chi connectivity index (χ2n) is 8.20. The Bertz CT molecular complexity index is 1000. The third-order valence-corrected chi connectivity index (χ3v) is 6.08. The van der Waals surface area contributed by atoms with E-state index in [1.807, 2.05) is 30.3 Å². The molecule has 0 spiro atoms. The van der Waals surface area contributed by atoms with Crippen LogP contribution < -0.4 is 10.6 Å². The molecule has 1 unspecified atom stereocenters. The Labute approximate surface area is 175 Å². The first-order valence-electron chi connectivity index (χ1n) is 10.6. The van der Waals surface area contributed by atoms with E-state index in [1.54, 1.807) is 0 Å². The van der Waals surface area contributed by atoms with Crippen LogP contribution in [0.25, 0.3) is 11.6 Å². The summed E-state index contributed by atoms with van der Waals surface area (Å²) < 4.78 is 5.41. The van der Waals surface area contributed by atoms with Gasteiger partial charge in [-0.2, -0.15) is 0 Å². The first-order valence-corrected chi connectivity index (χ1v) is 10.6. The fraction of sp³-hybridized carbons (Fsp3) is 0.391. The average Bonchev–Trinajstić information content (AvgIpc) is 3.44. The molecule has 2 aromatic rings. The van der Waals surface area contributed by atoms with Crippen molar-refractivity contribution in [3.8, 4) is 0 Å². The van der Waals surface area contributed by atoms with Gasteiger partial charge in [0.1, 0.15) is 0 Å². The molecule has 0 aliphatic carbocycles. The second-order valence-corrected chi connectivity index (χ2v) is 8.20. The number of H-pyrrole nitrogens is 1. The van der Waals surface area contributed by atoms with E-state index >= 15 is 0 Å². The van der Waals surface area contributed by atoms with Crippen LogP contribution in [0.4, 0.5) is 5.69 Å². The fourth-order valence-corrected chi connectivity index (χ4v) is 4.42. The van der Waals surface area contributed by atoms with Crippen molar-refractivity contribution >= 4 is 29.2 Å². The van der Waals surface area contributed by atoms with Crippen LogP contribution in [0, 0.1) is 5.92 Å². The molecule has 3 aliphatic heterocycles. The molecule has 7 nitrogen and oxygen atoms in total. The van der Waals surface area contributed by atoms with Gasteiger partial charge < -0.3 is 20.4 Å². The highest BCUT2D eigenvalue weighted by molar-refractivity contribution is 6.34. The molecular formula is C23H26N4O3. The zero-order valence-electron chi connectivity index (χ0n) is 16.9. The number of aromatic nitrogens is 1. The van der Waals surface area contributed by atoms with Crippen LogP contribution in [0.2, 0.25) is 0 Å². The molecule has 156 valence electrons. The van der Waals surface area contributed by atoms with Crippen LogP contribution in [-0.4, -0.2) is 54.5 Å². The van der Waals surface area contributed by atoms with Crippen LogP contribution >= 0.6 is 0 Å². The minimum Gasteiger partial charge on any atom is -0.379 e. The number of amides is 2. The molecule has 3 aliphatic rings. The van der Waals surface area contributed by atoms with Crippen molar-refractivity contribution in [1.29, 1.82) is 0 Å². The fourth-order valence-electron chi connectivity index (χ4n) is 4.42. The standard InChI is InChI=1S/C23H26N4O3/c28-22-16(5-6-24-22)11-15-1-4-21-19(12-15)20(23(29)26-21)13-17-2-3-18(25-17)14-27-7-9-30-10-8-27/h1-4,12-13,16,25H,5-11,14H2,(H,24,28)(H,26,29). The number of anilines is 1. The topological polar surface area (TPSA) is 86.5 Å². The quantitative estimate of drug-likeness (QED) is 0.663. The summed E-state index contributed by atoms with van der Waals surface area (Å²) in [5.41, 5.74) is 5.51. The minimum atomic E-state index is -0.0925. The monoisotopic (exact) mass is 406 g/mol. The third-order valence-electron chi connectivity index (χ3n) is 6.08. The average molecular weight is 406 g/mol. The number of morpholine rings is 1. The van der Waals surface area contributed by atoms with Crippen molar-refractivity contribution in [1.82, 2.24) is 15.2 Å². The molecule has 7 heteroatoms. The predicted molar refractivity (Wildman–Crippen MR) is 115 cm³/mol. The van der Waals surface area contributed by atoms with E-state index in [0.717, 1.165) is 74.0 Å². The van der Waals surface area contributed by atoms with Crippen molar-refractivity contribution in [2.75, 3.05) is 38.2 Å². The number of rotatable bonds is 5. The summed E-state index contributed by atoms with van der Waals surface area (Å²) in [7, 11) is 0. The molecule has 2 fully saturated rings. The van der Waals surface area contributed by atoms with Crippen molar-refractivity contribution in [3.63, 3.8) is 0 Å². The number of nitrogens with one attached hydrogen (secondary N) is 3. The van der Waals surface area contributed by atoms with Crippen molar-refractivity contribution in [3.05, 3.63) is 52.8 Å². The first-order chi connectivity index (χ1) is 14.7. The normalized spacial score (nSPS) is 22.9. The van der Waals surface area contributed by atoms with Gasteiger partial charge in [-0.05, 0) is 48.7 Å². The lowest BCUT2D eigenvalue weighted by atomic mass is 9.95. The van der Waals surface area contributed by atoms with Gasteiger partial charge in [0.25, 0.3) is 5.91 Å². The number of benzene rings is 1. The summed E-state index contributed by atoms with van der Waals surface area (Å²) in [6.07, 6.45) is 3.48. The van der Waals surface area contributed by atoms with Gasteiger partial charge in [-0.3, -0.25) is 14.5 Å². The van der Waals surface area contributed by atoms with Gasteiger partial charge in [0.15, 0.2) is 0 Å². The minimum absolute atomic E-state index is 0.0201. The Hall–Kier alpha value is -2.90. The third kappa shape index (κ3) is 3.91. The number of fused-ring (bicyclic) bond motifs is 1. The molecule has 0 saturated carbocycles. The van der Waals surface area contributed by atoms with E-state index in [1.165, 1.54) is 0 Å². The number of ether oxygens (including phenoxy) is 1. The summed E-state index contributed by atoms with van der Waals surface area (Å²) in [5.74, 6) is 0.0523. The second kappa shape index (κ2) is 8.08. The maximum atomic E-state index is 12.6. The van der Waals surface area contributed by atoms with Gasteiger partial charge in [-0.15, -0.1) is 0 Å². The lowest BCUT2D eigenvalue weighted by Gasteiger charge is -2.25. The van der Waals surface area contributed by atoms with Gasteiger partial charge >= 0.3 is 0 Å². The summed E-state index contributed by atoms with van der Waals surface area (Å²) in [6, 6.07) is 10.1. The number of hydrogen-bond donors (Lipinski definition) is 3. The summed E-state index contributed by atoms with van der Waals surface area (Å²) in [5, 5.41) is 5.84. The highest BCUT2D eigenvalue weighted by Crippen LogP contribution is 2.34. The maximum Gasteiger partial charge on any atom is 0.256 e. The van der Waals surface area contributed by atoms with Crippen LogP contribution in [0.5, 0.6) is 0 Å². The molecule has 4 heterocycles. The van der Waals surface area contributed by atoms with Gasteiger partial charge in [0.05, 0.1) is 18.8 Å². The molecule has 30 heavy (non-hydrogen) atoms. The Morgan fingerprint density at radius 3 is 2.80 bits per heavy atom. The van der Waals surface area contributed by atoms with Crippen molar-refractivity contribution < 1.29 is 14.3 Å². The van der Waals surface area contributed by atoms with Crippen molar-refractivity contribution in [2.24, 2.45) is 5.92 Å². The Morgan fingerprint density at radius 1 is 1.13 bits per heavy atom. The van der Waals surface area contributed by atoms with E-state index in [2.05, 4.69) is 26.6 Å². The summed E-state index contributed by atoms with van der Waals surface area (Å²) in [4.78, 5) is 30.3. The maximum absolute atomic E-state index is 12.6. The van der Waals surface area contributed by atoms with Crippen LogP contribution in [-0.2, 0) is 27.3 Å². The Morgan fingerprint density at radius 2 is 2.00 bits per heavy atom.